The molecule has 0 saturated heterocycles. The molecule has 1 heterocycles. The molecular formula is C11H8N2S. The fourth-order valence-corrected chi connectivity index (χ4v) is 2.04. The van der Waals surface area contributed by atoms with Gasteiger partial charge in [0.05, 0.1) is 11.6 Å². The van der Waals surface area contributed by atoms with Crippen molar-refractivity contribution < 1.29 is 0 Å². The maximum absolute atomic E-state index is 8.76. The summed E-state index contributed by atoms with van der Waals surface area (Å²) in [5.41, 5.74) is 8.13. The van der Waals surface area contributed by atoms with Gasteiger partial charge in [0.2, 0.25) is 0 Å². The third-order valence-corrected chi connectivity index (χ3v) is 2.87. The summed E-state index contributed by atoms with van der Waals surface area (Å²) >= 11 is 1.62. The number of nitriles is 1. The smallest absolute Gasteiger partial charge is 0.0991 e. The van der Waals surface area contributed by atoms with Crippen LogP contribution in [-0.2, 0) is 0 Å². The molecule has 0 aliphatic heterocycles. The zero-order chi connectivity index (χ0) is 9.97. The Bertz CT molecular complexity index is 480. The number of rotatable bonds is 1. The van der Waals surface area contributed by atoms with E-state index < -0.39 is 0 Å². The first-order valence-electron chi connectivity index (χ1n) is 4.15. The fraction of sp³-hybridized carbons (Fsp3) is 0. The van der Waals surface area contributed by atoms with Gasteiger partial charge >= 0.3 is 0 Å². The molecule has 2 aromatic rings. The number of thiophene rings is 1. The molecule has 2 rings (SSSR count). The molecule has 0 aliphatic rings. The third kappa shape index (κ3) is 1.48. The highest BCUT2D eigenvalue weighted by molar-refractivity contribution is 7.13. The van der Waals surface area contributed by atoms with E-state index in [1.807, 2.05) is 23.6 Å². The van der Waals surface area contributed by atoms with Gasteiger partial charge in [-0.25, -0.2) is 0 Å². The molecule has 14 heavy (non-hydrogen) atoms. The summed E-state index contributed by atoms with van der Waals surface area (Å²) in [6.45, 7) is 0. The van der Waals surface area contributed by atoms with Crippen molar-refractivity contribution in [2.75, 3.05) is 5.73 Å². The Morgan fingerprint density at radius 1 is 1.29 bits per heavy atom. The first-order chi connectivity index (χ1) is 6.81. The summed E-state index contributed by atoms with van der Waals surface area (Å²) < 4.78 is 0. The van der Waals surface area contributed by atoms with Crippen LogP contribution in [0.15, 0.2) is 35.7 Å². The first kappa shape index (κ1) is 8.79. The monoisotopic (exact) mass is 200 g/mol. The van der Waals surface area contributed by atoms with E-state index in [9.17, 15) is 0 Å². The van der Waals surface area contributed by atoms with E-state index in [1.165, 1.54) is 0 Å². The van der Waals surface area contributed by atoms with Crippen LogP contribution in [0.25, 0.3) is 10.4 Å². The molecule has 0 amide bonds. The number of nitrogens with zero attached hydrogens (tertiary/aromatic N) is 1. The summed E-state index contributed by atoms with van der Waals surface area (Å²) in [6, 6.07) is 11.4. The molecule has 0 radical (unpaired) electrons. The molecular weight excluding hydrogens is 192 g/mol. The Balaban J connectivity index is 2.58. The minimum atomic E-state index is 0.641. The Labute approximate surface area is 86.2 Å². The quantitative estimate of drug-likeness (QED) is 0.719. The van der Waals surface area contributed by atoms with Crippen molar-refractivity contribution in [2.45, 2.75) is 0 Å². The van der Waals surface area contributed by atoms with Crippen molar-refractivity contribution >= 4 is 17.0 Å². The highest BCUT2D eigenvalue weighted by atomic mass is 32.1. The van der Waals surface area contributed by atoms with E-state index in [0.717, 1.165) is 10.4 Å². The molecule has 1 aromatic heterocycles. The van der Waals surface area contributed by atoms with Crippen LogP contribution in [0.3, 0.4) is 0 Å². The zero-order valence-corrected chi connectivity index (χ0v) is 8.21. The van der Waals surface area contributed by atoms with Gasteiger partial charge in [0.1, 0.15) is 0 Å². The van der Waals surface area contributed by atoms with Crippen LogP contribution >= 0.6 is 11.3 Å². The average Bonchev–Trinajstić information content (AvgIpc) is 2.71. The van der Waals surface area contributed by atoms with Crippen LogP contribution in [0.4, 0.5) is 5.69 Å². The number of nitrogens with two attached hydrogens (primary N) is 1. The molecule has 2 N–H and O–H groups in total. The second-order valence-electron chi connectivity index (χ2n) is 2.89. The predicted octanol–water partition coefficient (Wildman–Crippen LogP) is 2.87. The Hall–Kier alpha value is -1.79. The van der Waals surface area contributed by atoms with Crippen LogP contribution in [0, 0.1) is 11.3 Å². The van der Waals surface area contributed by atoms with Crippen molar-refractivity contribution in [1.29, 1.82) is 5.26 Å². The summed E-state index contributed by atoms with van der Waals surface area (Å²) in [7, 11) is 0. The van der Waals surface area contributed by atoms with Crippen LogP contribution in [0.2, 0.25) is 0 Å². The van der Waals surface area contributed by atoms with Crippen LogP contribution in [-0.4, -0.2) is 0 Å². The highest BCUT2D eigenvalue weighted by Crippen LogP contribution is 2.30. The number of nitrogen functional groups attached to an aromatic ring is 1. The van der Waals surface area contributed by atoms with Crippen molar-refractivity contribution in [2.24, 2.45) is 0 Å². The molecule has 1 aromatic carbocycles. The maximum Gasteiger partial charge on any atom is 0.0991 e. The molecule has 0 saturated carbocycles. The molecule has 0 bridgehead atoms. The normalized spacial score (nSPS) is 9.64. The van der Waals surface area contributed by atoms with Gasteiger partial charge in [-0.05, 0) is 29.6 Å². The minimum absolute atomic E-state index is 0.641. The molecule has 0 atom stereocenters. The van der Waals surface area contributed by atoms with E-state index in [-0.39, 0.29) is 0 Å². The van der Waals surface area contributed by atoms with E-state index in [2.05, 4.69) is 6.07 Å². The van der Waals surface area contributed by atoms with Gasteiger partial charge < -0.3 is 5.73 Å². The lowest BCUT2D eigenvalue weighted by Gasteiger charge is -2.02. The van der Waals surface area contributed by atoms with E-state index in [1.54, 1.807) is 23.5 Å². The Morgan fingerprint density at radius 3 is 2.79 bits per heavy atom. The van der Waals surface area contributed by atoms with Crippen molar-refractivity contribution in [3.8, 4) is 16.5 Å². The topological polar surface area (TPSA) is 49.8 Å². The number of benzene rings is 1. The Kier molecular flexibility index (Phi) is 2.21. The number of hydrogen-bond donors (Lipinski definition) is 1. The molecule has 0 fully saturated rings. The van der Waals surface area contributed by atoms with E-state index in [4.69, 9.17) is 11.0 Å². The lowest BCUT2D eigenvalue weighted by molar-refractivity contribution is 1.49. The number of anilines is 1. The van der Waals surface area contributed by atoms with Crippen molar-refractivity contribution in [3.63, 3.8) is 0 Å². The second kappa shape index (κ2) is 3.52. The second-order valence-corrected chi connectivity index (χ2v) is 3.84. The van der Waals surface area contributed by atoms with Gasteiger partial charge in [0.25, 0.3) is 0 Å². The van der Waals surface area contributed by atoms with Crippen molar-refractivity contribution in [3.05, 3.63) is 41.3 Å². The molecule has 3 heteroatoms. The van der Waals surface area contributed by atoms with Crippen molar-refractivity contribution in [1.82, 2.24) is 0 Å². The standard InChI is InChI=1S/C11H8N2S/c12-7-8-3-4-10(13)9(6-8)11-2-1-5-14-11/h1-6H,13H2. The minimum Gasteiger partial charge on any atom is -0.398 e. The van der Waals surface area contributed by atoms with Gasteiger partial charge in [0.15, 0.2) is 0 Å². The molecule has 0 spiro atoms. The van der Waals surface area contributed by atoms with Gasteiger partial charge in [-0.1, -0.05) is 6.07 Å². The Morgan fingerprint density at radius 2 is 2.14 bits per heavy atom. The van der Waals surface area contributed by atoms with Gasteiger partial charge in [-0.3, -0.25) is 0 Å². The van der Waals surface area contributed by atoms with Crippen LogP contribution < -0.4 is 5.73 Å². The summed E-state index contributed by atoms with van der Waals surface area (Å²) in [5, 5.41) is 10.8. The SMILES string of the molecule is N#Cc1ccc(N)c(-c2cccs2)c1. The summed E-state index contributed by atoms with van der Waals surface area (Å²) in [5.74, 6) is 0. The molecule has 0 unspecified atom stereocenters. The summed E-state index contributed by atoms with van der Waals surface area (Å²) in [4.78, 5) is 1.10. The average molecular weight is 200 g/mol. The zero-order valence-electron chi connectivity index (χ0n) is 7.40. The van der Waals surface area contributed by atoms with Crippen LogP contribution in [0.5, 0.6) is 0 Å². The first-order valence-corrected chi connectivity index (χ1v) is 5.03. The molecule has 2 nitrogen and oxygen atoms in total. The van der Waals surface area contributed by atoms with Gasteiger partial charge in [-0.15, -0.1) is 11.3 Å². The lowest BCUT2D eigenvalue weighted by atomic mass is 10.1. The summed E-state index contributed by atoms with van der Waals surface area (Å²) in [6.07, 6.45) is 0. The van der Waals surface area contributed by atoms with E-state index >= 15 is 0 Å². The maximum atomic E-state index is 8.76. The lowest BCUT2D eigenvalue weighted by Crippen LogP contribution is -1.89. The fourth-order valence-electron chi connectivity index (χ4n) is 1.27. The van der Waals surface area contributed by atoms with Gasteiger partial charge in [-0.2, -0.15) is 5.26 Å². The number of hydrogen-bond acceptors (Lipinski definition) is 3. The largest absolute Gasteiger partial charge is 0.398 e. The molecule has 68 valence electrons. The van der Waals surface area contributed by atoms with E-state index in [0.29, 0.717) is 11.3 Å². The molecule has 0 aliphatic carbocycles. The highest BCUT2D eigenvalue weighted by Gasteiger charge is 2.04. The third-order valence-electron chi connectivity index (χ3n) is 1.97. The van der Waals surface area contributed by atoms with Gasteiger partial charge in [0, 0.05) is 16.1 Å². The van der Waals surface area contributed by atoms with Crippen LogP contribution in [0.1, 0.15) is 5.56 Å². The predicted molar refractivity (Wildman–Crippen MR) is 58.9 cm³/mol.